The van der Waals surface area contributed by atoms with Crippen molar-refractivity contribution in [3.8, 4) is 0 Å². The van der Waals surface area contributed by atoms with Crippen LogP contribution in [0.25, 0.3) is 0 Å². The van der Waals surface area contributed by atoms with Crippen LogP contribution in [0.15, 0.2) is 24.3 Å². The Morgan fingerprint density at radius 1 is 1.28 bits per heavy atom. The SMILES string of the molecule is CCCCC[C@H](O)C=C[C@@H]1C[C@@H](O)C[C@@]1(O)CC=CCCCC(=O)O. The van der Waals surface area contributed by atoms with Crippen molar-refractivity contribution in [2.75, 3.05) is 0 Å². The Balaban J connectivity index is 2.48. The van der Waals surface area contributed by atoms with Crippen LogP contribution in [-0.4, -0.2) is 44.2 Å². The third-order valence-corrected chi connectivity index (χ3v) is 4.87. The molecule has 1 aliphatic carbocycles. The van der Waals surface area contributed by atoms with Gasteiger partial charge in [0.05, 0.1) is 17.8 Å². The van der Waals surface area contributed by atoms with Crippen LogP contribution >= 0.6 is 0 Å². The van der Waals surface area contributed by atoms with Crippen LogP contribution in [0.1, 0.15) is 71.1 Å². The number of unbranched alkanes of at least 4 members (excludes halogenated alkanes) is 3. The fourth-order valence-corrected chi connectivity index (χ4v) is 3.39. The summed E-state index contributed by atoms with van der Waals surface area (Å²) in [4.78, 5) is 10.5. The molecule has 0 radical (unpaired) electrons. The molecule has 1 aliphatic rings. The Hall–Kier alpha value is -1.17. The lowest BCUT2D eigenvalue weighted by atomic mass is 9.86. The molecule has 0 amide bonds. The lowest BCUT2D eigenvalue weighted by Crippen LogP contribution is -2.32. The first-order valence-corrected chi connectivity index (χ1v) is 9.51. The normalized spacial score (nSPS) is 28.2. The minimum atomic E-state index is -0.998. The van der Waals surface area contributed by atoms with Crippen LogP contribution in [0, 0.1) is 5.92 Å². The zero-order valence-electron chi connectivity index (χ0n) is 15.3. The summed E-state index contributed by atoms with van der Waals surface area (Å²) in [6.45, 7) is 2.12. The number of hydrogen-bond acceptors (Lipinski definition) is 4. The van der Waals surface area contributed by atoms with Gasteiger partial charge in [0.15, 0.2) is 0 Å². The molecule has 144 valence electrons. The number of aliphatic hydroxyl groups is 3. The highest BCUT2D eigenvalue weighted by atomic mass is 16.4. The van der Waals surface area contributed by atoms with Crippen molar-refractivity contribution >= 4 is 5.97 Å². The van der Waals surface area contributed by atoms with Gasteiger partial charge in [0.2, 0.25) is 0 Å². The predicted molar refractivity (Wildman–Crippen MR) is 98.2 cm³/mol. The molecule has 1 fully saturated rings. The van der Waals surface area contributed by atoms with Crippen molar-refractivity contribution in [3.63, 3.8) is 0 Å². The molecule has 1 saturated carbocycles. The Morgan fingerprint density at radius 2 is 2.04 bits per heavy atom. The van der Waals surface area contributed by atoms with Gasteiger partial charge in [-0.3, -0.25) is 4.79 Å². The third-order valence-electron chi connectivity index (χ3n) is 4.87. The van der Waals surface area contributed by atoms with Crippen molar-refractivity contribution < 1.29 is 25.2 Å². The molecule has 4 atom stereocenters. The highest BCUT2D eigenvalue weighted by Gasteiger charge is 2.43. The summed E-state index contributed by atoms with van der Waals surface area (Å²) < 4.78 is 0. The molecule has 1 rings (SSSR count). The fraction of sp³-hybridized carbons (Fsp3) is 0.750. The van der Waals surface area contributed by atoms with E-state index in [1.54, 1.807) is 6.08 Å². The monoisotopic (exact) mass is 354 g/mol. The summed E-state index contributed by atoms with van der Waals surface area (Å²) >= 11 is 0. The first-order chi connectivity index (χ1) is 11.9. The minimum Gasteiger partial charge on any atom is -0.481 e. The maximum Gasteiger partial charge on any atom is 0.303 e. The molecule has 0 aromatic heterocycles. The van der Waals surface area contributed by atoms with E-state index in [0.29, 0.717) is 32.1 Å². The van der Waals surface area contributed by atoms with Crippen LogP contribution in [0.3, 0.4) is 0 Å². The molecule has 0 saturated heterocycles. The summed E-state index contributed by atoms with van der Waals surface area (Å²) in [5.41, 5.74) is -0.998. The molecule has 5 nitrogen and oxygen atoms in total. The van der Waals surface area contributed by atoms with Crippen LogP contribution in [0.2, 0.25) is 0 Å². The second-order valence-electron chi connectivity index (χ2n) is 7.21. The van der Waals surface area contributed by atoms with Gasteiger partial charge in [0, 0.05) is 18.8 Å². The zero-order chi connectivity index (χ0) is 18.7. The van der Waals surface area contributed by atoms with Crippen molar-refractivity contribution in [1.82, 2.24) is 0 Å². The summed E-state index contributed by atoms with van der Waals surface area (Å²) in [7, 11) is 0. The molecular weight excluding hydrogens is 320 g/mol. The third kappa shape index (κ3) is 8.66. The van der Waals surface area contributed by atoms with Crippen LogP contribution < -0.4 is 0 Å². The smallest absolute Gasteiger partial charge is 0.303 e. The first-order valence-electron chi connectivity index (χ1n) is 9.51. The van der Waals surface area contributed by atoms with Crippen LogP contribution in [-0.2, 0) is 4.79 Å². The average molecular weight is 354 g/mol. The van der Waals surface area contributed by atoms with E-state index in [0.717, 1.165) is 25.7 Å². The summed E-state index contributed by atoms with van der Waals surface area (Å²) in [6.07, 6.45) is 12.9. The highest BCUT2D eigenvalue weighted by Crippen LogP contribution is 2.39. The topological polar surface area (TPSA) is 98.0 Å². The predicted octanol–water partition coefficient (Wildman–Crippen LogP) is 3.19. The standard InChI is InChI=1S/C20H34O5/c1-2-3-6-9-17(21)12-11-16-14-18(22)15-20(16,25)13-8-5-4-7-10-19(23)24/h5,8,11-12,16-18,21-22,25H,2-4,6-7,9-10,13-15H2,1H3,(H,23,24)/t16-,17+,18-,20+/m1/s1. The molecule has 4 N–H and O–H groups in total. The number of hydrogen-bond donors (Lipinski definition) is 4. The van der Waals surface area contributed by atoms with Crippen molar-refractivity contribution in [1.29, 1.82) is 0 Å². The molecule has 5 heteroatoms. The molecule has 0 unspecified atom stereocenters. The maximum absolute atomic E-state index is 10.9. The van der Waals surface area contributed by atoms with Crippen LogP contribution in [0.4, 0.5) is 0 Å². The Labute approximate surface area is 151 Å². The summed E-state index contributed by atoms with van der Waals surface area (Å²) in [5.74, 6) is -0.972. The van der Waals surface area contributed by atoms with Gasteiger partial charge in [0.1, 0.15) is 0 Å². The van der Waals surface area contributed by atoms with Gasteiger partial charge in [-0.05, 0) is 32.1 Å². The lowest BCUT2D eigenvalue weighted by Gasteiger charge is -2.27. The van der Waals surface area contributed by atoms with Crippen molar-refractivity contribution in [2.45, 2.75) is 88.9 Å². The second kappa shape index (κ2) is 11.4. The van der Waals surface area contributed by atoms with E-state index < -0.39 is 23.8 Å². The Morgan fingerprint density at radius 3 is 2.72 bits per heavy atom. The highest BCUT2D eigenvalue weighted by molar-refractivity contribution is 5.66. The van der Waals surface area contributed by atoms with E-state index in [-0.39, 0.29) is 12.3 Å². The van der Waals surface area contributed by atoms with E-state index >= 15 is 0 Å². The van der Waals surface area contributed by atoms with Gasteiger partial charge in [-0.15, -0.1) is 0 Å². The largest absolute Gasteiger partial charge is 0.481 e. The number of rotatable bonds is 12. The van der Waals surface area contributed by atoms with Crippen LogP contribution in [0.5, 0.6) is 0 Å². The first kappa shape index (κ1) is 21.9. The van der Waals surface area contributed by atoms with Gasteiger partial charge < -0.3 is 20.4 Å². The lowest BCUT2D eigenvalue weighted by molar-refractivity contribution is -0.137. The Kier molecular flexibility index (Phi) is 10.0. The summed E-state index contributed by atoms with van der Waals surface area (Å²) in [6, 6.07) is 0. The van der Waals surface area contributed by atoms with Gasteiger partial charge in [-0.1, -0.05) is 50.5 Å². The zero-order valence-corrected chi connectivity index (χ0v) is 15.3. The number of allylic oxidation sites excluding steroid dienone is 1. The van der Waals surface area contributed by atoms with E-state index in [2.05, 4.69) is 6.92 Å². The Bertz CT molecular complexity index is 445. The minimum absolute atomic E-state index is 0.147. The molecule has 0 aromatic carbocycles. The van der Waals surface area contributed by atoms with Crippen molar-refractivity contribution in [3.05, 3.63) is 24.3 Å². The number of aliphatic hydroxyl groups excluding tert-OH is 2. The van der Waals surface area contributed by atoms with E-state index in [9.17, 15) is 20.1 Å². The van der Waals surface area contributed by atoms with Gasteiger partial charge in [-0.2, -0.15) is 0 Å². The van der Waals surface area contributed by atoms with E-state index in [1.807, 2.05) is 18.2 Å². The second-order valence-corrected chi connectivity index (χ2v) is 7.21. The summed E-state index contributed by atoms with van der Waals surface area (Å²) in [5, 5.41) is 39.4. The molecule has 0 bridgehead atoms. The molecule has 0 aliphatic heterocycles. The maximum atomic E-state index is 10.9. The van der Waals surface area contributed by atoms with Gasteiger partial charge >= 0.3 is 5.97 Å². The molecular formula is C20H34O5. The number of carboxylic acids is 1. The molecule has 25 heavy (non-hydrogen) atoms. The fourth-order valence-electron chi connectivity index (χ4n) is 3.39. The van der Waals surface area contributed by atoms with E-state index in [4.69, 9.17) is 5.11 Å². The van der Waals surface area contributed by atoms with E-state index in [1.165, 1.54) is 0 Å². The van der Waals surface area contributed by atoms with Crippen molar-refractivity contribution in [2.24, 2.45) is 5.92 Å². The molecule has 0 spiro atoms. The van der Waals surface area contributed by atoms with Gasteiger partial charge in [0.25, 0.3) is 0 Å². The number of aliphatic carboxylic acids is 1. The molecule has 0 aromatic rings. The average Bonchev–Trinajstić information content (AvgIpc) is 2.83. The quantitative estimate of drug-likeness (QED) is 0.319. The molecule has 0 heterocycles. The van der Waals surface area contributed by atoms with Gasteiger partial charge in [-0.25, -0.2) is 0 Å². The number of carbonyl (C=O) groups is 1. The number of carboxylic acid groups (broad SMARTS) is 1.